The van der Waals surface area contributed by atoms with E-state index in [9.17, 15) is 13.2 Å². The number of allylic oxidation sites excluding steroid dienone is 1. The minimum Gasteiger partial charge on any atom is -0.501 e. The topological polar surface area (TPSA) is 149 Å². The highest BCUT2D eigenvalue weighted by Crippen LogP contribution is 2.33. The van der Waals surface area contributed by atoms with Gasteiger partial charge >= 0.3 is 0 Å². The van der Waals surface area contributed by atoms with E-state index in [0.717, 1.165) is 5.56 Å². The number of sulfonamides is 1. The van der Waals surface area contributed by atoms with Crippen LogP contribution in [0.2, 0.25) is 0 Å². The number of anilines is 1. The highest BCUT2D eigenvalue weighted by Gasteiger charge is 2.26. The molecule has 0 fully saturated rings. The summed E-state index contributed by atoms with van der Waals surface area (Å²) >= 11 is 0. The molecule has 1 aromatic carbocycles. The van der Waals surface area contributed by atoms with Crippen LogP contribution in [0.25, 0.3) is 11.8 Å². The average molecular weight is 541 g/mol. The van der Waals surface area contributed by atoms with Crippen molar-refractivity contribution in [2.24, 2.45) is 0 Å². The van der Waals surface area contributed by atoms with Crippen LogP contribution in [0.4, 0.5) is 5.82 Å². The van der Waals surface area contributed by atoms with E-state index in [1.165, 1.54) is 33.5 Å². The van der Waals surface area contributed by atoms with Gasteiger partial charge in [0.1, 0.15) is 17.3 Å². The van der Waals surface area contributed by atoms with E-state index < -0.39 is 15.9 Å². The number of benzene rings is 1. The molecular weight excluding hydrogens is 512 g/mol. The van der Waals surface area contributed by atoms with Crippen molar-refractivity contribution in [2.45, 2.75) is 24.9 Å². The van der Waals surface area contributed by atoms with Crippen LogP contribution in [0.5, 0.6) is 11.5 Å². The van der Waals surface area contributed by atoms with E-state index in [0.29, 0.717) is 28.4 Å². The molecule has 0 aliphatic carbocycles. The quantitative estimate of drug-likeness (QED) is 0.298. The number of carbonyl (C=O) groups is 1. The molecule has 3 aromatic rings. The van der Waals surface area contributed by atoms with E-state index >= 15 is 0 Å². The summed E-state index contributed by atoms with van der Waals surface area (Å²) in [6.45, 7) is 6.30. The Labute approximate surface area is 220 Å². The van der Waals surface area contributed by atoms with Crippen LogP contribution in [-0.2, 0) is 32.6 Å². The van der Waals surface area contributed by atoms with Gasteiger partial charge in [-0.3, -0.25) is 19.3 Å². The predicted molar refractivity (Wildman–Crippen MR) is 141 cm³/mol. The number of hydrogen-bond acceptors (Lipinski definition) is 8. The van der Waals surface area contributed by atoms with Gasteiger partial charge in [-0.1, -0.05) is 12.6 Å². The lowest BCUT2D eigenvalue weighted by Crippen LogP contribution is -2.29. The van der Waals surface area contributed by atoms with Crippen molar-refractivity contribution in [1.82, 2.24) is 25.3 Å². The van der Waals surface area contributed by atoms with Crippen molar-refractivity contribution in [3.05, 3.63) is 58.9 Å². The Morgan fingerprint density at radius 2 is 1.95 bits per heavy atom. The zero-order valence-electron chi connectivity index (χ0n) is 21.4. The molecule has 13 heteroatoms. The van der Waals surface area contributed by atoms with E-state index in [2.05, 4.69) is 31.9 Å². The molecule has 1 amide bonds. The SMILES string of the molecule is C#CC(=O)NCc1cnn(CC(=C)/C=c2/[nH]nc(NS(=O)(=O)c3c(OC)cccc3OC)/c2=C(/C)OC)c1. The van der Waals surface area contributed by atoms with Gasteiger partial charge in [-0.05, 0) is 36.6 Å². The maximum absolute atomic E-state index is 13.4. The third-order valence-electron chi connectivity index (χ3n) is 5.32. The molecule has 0 aliphatic rings. The first kappa shape index (κ1) is 27.9. The van der Waals surface area contributed by atoms with Gasteiger partial charge in [0, 0.05) is 18.3 Å². The number of nitrogens with zero attached hydrogens (tertiary/aromatic N) is 3. The number of methoxy groups -OCH3 is 3. The summed E-state index contributed by atoms with van der Waals surface area (Å²) in [5.41, 5.74) is 1.39. The van der Waals surface area contributed by atoms with Crippen molar-refractivity contribution >= 4 is 33.6 Å². The van der Waals surface area contributed by atoms with E-state index in [-0.39, 0.29) is 28.8 Å². The smallest absolute Gasteiger partial charge is 0.295 e. The maximum Gasteiger partial charge on any atom is 0.295 e. The van der Waals surface area contributed by atoms with Gasteiger partial charge in [-0.2, -0.15) is 10.2 Å². The van der Waals surface area contributed by atoms with Crippen molar-refractivity contribution in [3.63, 3.8) is 0 Å². The fourth-order valence-electron chi connectivity index (χ4n) is 3.53. The Kier molecular flexibility index (Phi) is 8.82. The summed E-state index contributed by atoms with van der Waals surface area (Å²) in [6.07, 6.45) is 10.1. The van der Waals surface area contributed by atoms with Gasteiger partial charge in [0.15, 0.2) is 10.7 Å². The second-order valence-corrected chi connectivity index (χ2v) is 9.51. The minimum absolute atomic E-state index is 0.0157. The Morgan fingerprint density at radius 1 is 1.26 bits per heavy atom. The Hall–Kier alpha value is -4.70. The molecule has 38 heavy (non-hydrogen) atoms. The van der Waals surface area contributed by atoms with Crippen LogP contribution in [0.15, 0.2) is 47.6 Å². The van der Waals surface area contributed by atoms with E-state index in [4.69, 9.17) is 20.6 Å². The number of rotatable bonds is 11. The number of aromatic amines is 1. The number of terminal acetylenes is 1. The lowest BCUT2D eigenvalue weighted by atomic mass is 10.2. The number of amides is 1. The lowest BCUT2D eigenvalue weighted by molar-refractivity contribution is -0.115. The van der Waals surface area contributed by atoms with Crippen LogP contribution >= 0.6 is 0 Å². The zero-order chi connectivity index (χ0) is 27.9. The predicted octanol–water partition coefficient (Wildman–Crippen LogP) is 0.485. The van der Waals surface area contributed by atoms with Gasteiger partial charge in [0.25, 0.3) is 15.9 Å². The third kappa shape index (κ3) is 6.34. The Morgan fingerprint density at radius 3 is 2.55 bits per heavy atom. The standard InChI is InChI=1S/C25H28N6O6S/c1-7-22(32)26-12-18-13-27-31(15-18)14-16(2)11-19-23(17(3)35-4)25(29-28-19)30-38(33,34)24-20(36-5)9-8-10-21(24)37-6/h1,8-11,13,15,28H,2,12,14H2,3-6H3,(H,26,32)(H,29,30)/b19-11+,23-17-. The van der Waals surface area contributed by atoms with Gasteiger partial charge < -0.3 is 19.5 Å². The number of carbonyl (C=O) groups excluding carboxylic acids is 1. The lowest BCUT2D eigenvalue weighted by Gasteiger charge is -2.13. The summed E-state index contributed by atoms with van der Waals surface area (Å²) in [5, 5.41) is 14.7. The van der Waals surface area contributed by atoms with E-state index in [1.54, 1.807) is 36.1 Å². The Bertz CT molecular complexity index is 1590. The zero-order valence-corrected chi connectivity index (χ0v) is 22.2. The van der Waals surface area contributed by atoms with Crippen LogP contribution in [0, 0.1) is 12.3 Å². The molecule has 3 N–H and O–H groups in total. The molecule has 0 radical (unpaired) electrons. The number of aromatic nitrogens is 4. The number of hydrogen-bond donors (Lipinski definition) is 3. The second-order valence-electron chi connectivity index (χ2n) is 7.89. The molecule has 0 atom stereocenters. The average Bonchev–Trinajstić information content (AvgIpc) is 3.51. The molecule has 2 aromatic heterocycles. The van der Waals surface area contributed by atoms with Gasteiger partial charge in [-0.15, -0.1) is 6.42 Å². The molecule has 0 bridgehead atoms. The highest BCUT2D eigenvalue weighted by atomic mass is 32.2. The summed E-state index contributed by atoms with van der Waals surface area (Å²) in [5.74, 6) is 2.12. The summed E-state index contributed by atoms with van der Waals surface area (Å²) in [4.78, 5) is 11.1. The molecule has 12 nitrogen and oxygen atoms in total. The first-order valence-corrected chi connectivity index (χ1v) is 12.6. The normalized spacial score (nSPS) is 12.3. The summed E-state index contributed by atoms with van der Waals surface area (Å²) < 4.78 is 46.8. The van der Waals surface area contributed by atoms with Crippen molar-refractivity contribution in [2.75, 3.05) is 26.1 Å². The number of H-pyrrole nitrogens is 1. The van der Waals surface area contributed by atoms with Crippen molar-refractivity contribution in [1.29, 1.82) is 0 Å². The summed E-state index contributed by atoms with van der Waals surface area (Å²) in [6, 6.07) is 4.65. The molecular formula is C25H28N6O6S. The van der Waals surface area contributed by atoms with Gasteiger partial charge in [-0.25, -0.2) is 8.42 Å². The fourth-order valence-corrected chi connectivity index (χ4v) is 4.86. The molecule has 2 heterocycles. The molecule has 3 rings (SSSR count). The molecule has 200 valence electrons. The van der Waals surface area contributed by atoms with Crippen LogP contribution in [-0.4, -0.2) is 55.6 Å². The first-order valence-electron chi connectivity index (χ1n) is 11.1. The highest BCUT2D eigenvalue weighted by molar-refractivity contribution is 7.93. The van der Waals surface area contributed by atoms with Crippen LogP contribution in [0.3, 0.4) is 0 Å². The molecule has 0 spiro atoms. The van der Waals surface area contributed by atoms with Crippen LogP contribution in [0.1, 0.15) is 12.5 Å². The van der Waals surface area contributed by atoms with Crippen molar-refractivity contribution in [3.8, 4) is 23.8 Å². The molecule has 0 aliphatic heterocycles. The van der Waals surface area contributed by atoms with Crippen LogP contribution < -0.4 is 30.1 Å². The molecule has 0 unspecified atom stereocenters. The maximum atomic E-state index is 13.4. The fraction of sp³-hybridized carbons (Fsp3) is 0.240. The summed E-state index contributed by atoms with van der Waals surface area (Å²) in [7, 11) is 0.0160. The monoisotopic (exact) mass is 540 g/mol. The number of nitrogens with one attached hydrogen (secondary N) is 3. The largest absolute Gasteiger partial charge is 0.501 e. The molecule has 0 saturated carbocycles. The first-order chi connectivity index (χ1) is 18.1. The number of ether oxygens (including phenoxy) is 3. The Balaban J connectivity index is 1.92. The van der Waals surface area contributed by atoms with Gasteiger partial charge in [0.05, 0.1) is 44.6 Å². The third-order valence-corrected chi connectivity index (χ3v) is 6.72. The van der Waals surface area contributed by atoms with Gasteiger partial charge in [0.2, 0.25) is 0 Å². The van der Waals surface area contributed by atoms with Crippen molar-refractivity contribution < 1.29 is 27.4 Å². The minimum atomic E-state index is -4.18. The second kappa shape index (κ2) is 12.0. The van der Waals surface area contributed by atoms with E-state index in [1.807, 2.05) is 5.92 Å². The molecule has 0 saturated heterocycles.